The molecule has 0 aliphatic heterocycles. The van der Waals surface area contributed by atoms with Crippen LogP contribution in [-0.2, 0) is 0 Å². The molecule has 4 N–H and O–H groups in total. The third-order valence-corrected chi connectivity index (χ3v) is 2.93. The molecule has 0 fully saturated rings. The first kappa shape index (κ1) is 13.0. The number of carboxylic acids is 1. The molecule has 19 heavy (non-hydrogen) atoms. The van der Waals surface area contributed by atoms with Gasteiger partial charge in [-0.1, -0.05) is 17.7 Å². The first-order chi connectivity index (χ1) is 8.97. The lowest BCUT2D eigenvalue weighted by Crippen LogP contribution is -2.04. The Hall–Kier alpha value is -2.49. The molecule has 0 saturated heterocycles. The summed E-state index contributed by atoms with van der Waals surface area (Å²) in [7, 11) is 0. The van der Waals surface area contributed by atoms with Gasteiger partial charge in [0.15, 0.2) is 0 Å². The van der Waals surface area contributed by atoms with Crippen molar-refractivity contribution < 1.29 is 9.90 Å². The number of nitrogen functional groups attached to an aromatic ring is 1. The van der Waals surface area contributed by atoms with E-state index in [9.17, 15) is 9.90 Å². The molecule has 0 saturated carbocycles. The highest BCUT2D eigenvalue weighted by Crippen LogP contribution is 2.25. The van der Waals surface area contributed by atoms with Crippen LogP contribution in [0.3, 0.4) is 0 Å². The number of nitrogens with two attached hydrogens (primary N) is 1. The molecule has 2 aromatic rings. The number of aryl methyl sites for hydroxylation is 2. The fraction of sp³-hybridized carbons (Fsp3) is 0.133. The summed E-state index contributed by atoms with van der Waals surface area (Å²) < 4.78 is 0. The van der Waals surface area contributed by atoms with E-state index in [-0.39, 0.29) is 5.56 Å². The van der Waals surface area contributed by atoms with Crippen molar-refractivity contribution in [3.8, 4) is 0 Å². The quantitative estimate of drug-likeness (QED) is 0.736. The van der Waals surface area contributed by atoms with Gasteiger partial charge in [-0.25, -0.2) is 4.79 Å². The molecule has 98 valence electrons. The fourth-order valence-electron chi connectivity index (χ4n) is 1.95. The standard InChI is InChI=1S/C15H16N2O2/c1-9-3-5-13(10(2)7-9)17-14-6-4-11(16)8-12(14)15(18)19/h3-8,17H,16H2,1-2H3,(H,18,19). The van der Waals surface area contributed by atoms with E-state index in [0.29, 0.717) is 11.4 Å². The summed E-state index contributed by atoms with van der Waals surface area (Å²) in [5.74, 6) is -1.00. The Morgan fingerprint density at radius 3 is 2.42 bits per heavy atom. The molecule has 0 aliphatic rings. The second kappa shape index (κ2) is 5.02. The minimum Gasteiger partial charge on any atom is -0.478 e. The average molecular weight is 256 g/mol. The Labute approximate surface area is 111 Å². The first-order valence-corrected chi connectivity index (χ1v) is 5.94. The highest BCUT2D eigenvalue weighted by atomic mass is 16.4. The molecule has 4 heteroatoms. The summed E-state index contributed by atoms with van der Waals surface area (Å²) in [6.45, 7) is 4.00. The van der Waals surface area contributed by atoms with Gasteiger partial charge in [0.1, 0.15) is 0 Å². The van der Waals surface area contributed by atoms with E-state index in [1.54, 1.807) is 12.1 Å². The largest absolute Gasteiger partial charge is 0.478 e. The van der Waals surface area contributed by atoms with Gasteiger partial charge >= 0.3 is 5.97 Å². The minimum absolute atomic E-state index is 0.167. The van der Waals surface area contributed by atoms with Crippen molar-refractivity contribution >= 4 is 23.0 Å². The maximum absolute atomic E-state index is 11.2. The summed E-state index contributed by atoms with van der Waals surface area (Å²) in [6.07, 6.45) is 0. The summed E-state index contributed by atoms with van der Waals surface area (Å²) in [6, 6.07) is 10.8. The molecular formula is C15H16N2O2. The molecule has 0 bridgehead atoms. The smallest absolute Gasteiger partial charge is 0.337 e. The van der Waals surface area contributed by atoms with Crippen LogP contribution in [-0.4, -0.2) is 11.1 Å². The predicted octanol–water partition coefficient (Wildman–Crippen LogP) is 3.33. The van der Waals surface area contributed by atoms with E-state index in [4.69, 9.17) is 5.73 Å². The van der Waals surface area contributed by atoms with Crippen molar-refractivity contribution in [3.05, 3.63) is 53.1 Å². The lowest BCUT2D eigenvalue weighted by Gasteiger charge is -2.13. The van der Waals surface area contributed by atoms with E-state index >= 15 is 0 Å². The molecule has 0 spiro atoms. The van der Waals surface area contributed by atoms with Gasteiger partial charge in [-0.3, -0.25) is 0 Å². The first-order valence-electron chi connectivity index (χ1n) is 5.94. The summed E-state index contributed by atoms with van der Waals surface area (Å²) in [4.78, 5) is 11.2. The molecule has 0 unspecified atom stereocenters. The van der Waals surface area contributed by atoms with Crippen LogP contribution in [0.15, 0.2) is 36.4 Å². The van der Waals surface area contributed by atoms with Crippen molar-refractivity contribution in [1.29, 1.82) is 0 Å². The van der Waals surface area contributed by atoms with Gasteiger partial charge in [0.2, 0.25) is 0 Å². The van der Waals surface area contributed by atoms with Gasteiger partial charge in [-0.2, -0.15) is 0 Å². The Balaban J connectivity index is 2.40. The van der Waals surface area contributed by atoms with E-state index in [1.165, 1.54) is 11.6 Å². The average Bonchev–Trinajstić information content (AvgIpc) is 2.34. The third kappa shape index (κ3) is 2.85. The lowest BCUT2D eigenvalue weighted by atomic mass is 10.1. The molecule has 0 aromatic heterocycles. The maximum atomic E-state index is 11.2. The minimum atomic E-state index is -1.00. The van der Waals surface area contributed by atoms with Gasteiger partial charge in [0.25, 0.3) is 0 Å². The van der Waals surface area contributed by atoms with Crippen molar-refractivity contribution in [2.45, 2.75) is 13.8 Å². The number of anilines is 3. The van der Waals surface area contributed by atoms with E-state index < -0.39 is 5.97 Å². The molecule has 0 aliphatic carbocycles. The topological polar surface area (TPSA) is 75.3 Å². The second-order valence-electron chi connectivity index (χ2n) is 4.55. The van der Waals surface area contributed by atoms with Crippen molar-refractivity contribution in [2.24, 2.45) is 0 Å². The number of hydrogen-bond acceptors (Lipinski definition) is 3. The van der Waals surface area contributed by atoms with Gasteiger partial charge < -0.3 is 16.2 Å². The Morgan fingerprint density at radius 2 is 1.79 bits per heavy atom. The number of rotatable bonds is 3. The van der Waals surface area contributed by atoms with E-state index in [2.05, 4.69) is 5.32 Å². The molecule has 2 rings (SSSR count). The zero-order valence-electron chi connectivity index (χ0n) is 10.9. The van der Waals surface area contributed by atoms with Crippen LogP contribution in [0.25, 0.3) is 0 Å². The SMILES string of the molecule is Cc1ccc(Nc2ccc(N)cc2C(=O)O)c(C)c1. The zero-order valence-corrected chi connectivity index (χ0v) is 10.9. The molecule has 2 aromatic carbocycles. The molecule has 4 nitrogen and oxygen atoms in total. The number of benzene rings is 2. The number of carboxylic acid groups (broad SMARTS) is 1. The molecule has 0 heterocycles. The Bertz CT molecular complexity index is 636. The van der Waals surface area contributed by atoms with Crippen LogP contribution < -0.4 is 11.1 Å². The van der Waals surface area contributed by atoms with Gasteiger partial charge in [-0.15, -0.1) is 0 Å². The van der Waals surface area contributed by atoms with Crippen LogP contribution in [0.1, 0.15) is 21.5 Å². The lowest BCUT2D eigenvalue weighted by molar-refractivity contribution is 0.0698. The normalized spacial score (nSPS) is 10.2. The van der Waals surface area contributed by atoms with Crippen LogP contribution in [0.2, 0.25) is 0 Å². The van der Waals surface area contributed by atoms with Gasteiger partial charge in [0, 0.05) is 11.4 Å². The molecular weight excluding hydrogens is 240 g/mol. The highest BCUT2D eigenvalue weighted by Gasteiger charge is 2.11. The van der Waals surface area contributed by atoms with Crippen molar-refractivity contribution in [1.82, 2.24) is 0 Å². The number of nitrogens with one attached hydrogen (secondary N) is 1. The number of hydrogen-bond donors (Lipinski definition) is 3. The number of aromatic carboxylic acids is 1. The zero-order chi connectivity index (χ0) is 14.0. The van der Waals surface area contributed by atoms with Gasteiger partial charge in [-0.05, 0) is 43.7 Å². The maximum Gasteiger partial charge on any atom is 0.337 e. The van der Waals surface area contributed by atoms with E-state index in [0.717, 1.165) is 11.3 Å². The van der Waals surface area contributed by atoms with Crippen LogP contribution in [0, 0.1) is 13.8 Å². The van der Waals surface area contributed by atoms with E-state index in [1.807, 2.05) is 32.0 Å². The Kier molecular flexibility index (Phi) is 3.42. The van der Waals surface area contributed by atoms with Crippen LogP contribution in [0.4, 0.5) is 17.1 Å². The summed E-state index contributed by atoms with van der Waals surface area (Å²) in [5, 5.41) is 12.3. The Morgan fingerprint density at radius 1 is 1.11 bits per heavy atom. The molecule has 0 radical (unpaired) electrons. The van der Waals surface area contributed by atoms with Crippen molar-refractivity contribution in [3.63, 3.8) is 0 Å². The second-order valence-corrected chi connectivity index (χ2v) is 4.55. The van der Waals surface area contributed by atoms with Crippen molar-refractivity contribution in [2.75, 3.05) is 11.1 Å². The van der Waals surface area contributed by atoms with Gasteiger partial charge in [0.05, 0.1) is 11.3 Å². The van der Waals surface area contributed by atoms with Crippen LogP contribution in [0.5, 0.6) is 0 Å². The highest BCUT2D eigenvalue weighted by molar-refractivity contribution is 5.96. The number of carbonyl (C=O) groups is 1. The predicted molar refractivity (Wildman–Crippen MR) is 77.0 cm³/mol. The molecule has 0 amide bonds. The monoisotopic (exact) mass is 256 g/mol. The summed E-state index contributed by atoms with van der Waals surface area (Å²) >= 11 is 0. The summed E-state index contributed by atoms with van der Waals surface area (Å²) in [5.41, 5.74) is 9.87. The van der Waals surface area contributed by atoms with Crippen LogP contribution >= 0.6 is 0 Å². The fourth-order valence-corrected chi connectivity index (χ4v) is 1.95. The third-order valence-electron chi connectivity index (χ3n) is 2.93. The molecule has 0 atom stereocenters.